The Hall–Kier alpha value is -1.54. The maximum atomic E-state index is 11.9. The van der Waals surface area contributed by atoms with Gasteiger partial charge in [-0.2, -0.15) is 0 Å². The maximum Gasteiger partial charge on any atom is 0.311 e. The molecule has 0 aliphatic heterocycles. The number of aliphatic hydroxyl groups is 2. The zero-order valence-electron chi connectivity index (χ0n) is 23.2. The highest BCUT2D eigenvalue weighted by molar-refractivity contribution is 5.68. The van der Waals surface area contributed by atoms with Gasteiger partial charge < -0.3 is 15.3 Å². The lowest BCUT2D eigenvalue weighted by molar-refractivity contribution is -0.203. The first kappa shape index (κ1) is 27.0. The van der Waals surface area contributed by atoms with Crippen molar-refractivity contribution in [2.45, 2.75) is 117 Å². The number of hydrogen-bond donors (Lipinski definition) is 3. The van der Waals surface area contributed by atoms with E-state index in [-0.39, 0.29) is 29.5 Å². The minimum atomic E-state index is -0.912. The van der Waals surface area contributed by atoms with Gasteiger partial charge in [-0.25, -0.2) is 4.68 Å². The van der Waals surface area contributed by atoms with Crippen LogP contribution in [0.1, 0.15) is 97.7 Å². The first-order valence-corrected chi connectivity index (χ1v) is 14.9. The predicted molar refractivity (Wildman–Crippen MR) is 139 cm³/mol. The highest BCUT2D eigenvalue weighted by Gasteiger charge is 2.64. The third-order valence-electron chi connectivity index (χ3n) is 12.1. The number of aliphatic carboxylic acids is 1. The second-order valence-electron chi connectivity index (χ2n) is 13.6. The largest absolute Gasteiger partial charge is 0.481 e. The van der Waals surface area contributed by atoms with Crippen LogP contribution in [0.15, 0.2) is 0 Å². The van der Waals surface area contributed by atoms with Gasteiger partial charge in [-0.05, 0) is 120 Å². The van der Waals surface area contributed by atoms with Crippen LogP contribution in [0.2, 0.25) is 0 Å². The van der Waals surface area contributed by atoms with Crippen LogP contribution in [0.25, 0.3) is 0 Å². The van der Waals surface area contributed by atoms with E-state index in [4.69, 9.17) is 5.11 Å². The van der Waals surface area contributed by atoms with E-state index in [0.717, 1.165) is 38.5 Å². The third-order valence-corrected chi connectivity index (χ3v) is 12.1. The summed E-state index contributed by atoms with van der Waals surface area (Å²) in [4.78, 5) is 11.1. The average molecular weight is 517 g/mol. The lowest BCUT2D eigenvalue weighted by Gasteiger charge is -2.64. The molecule has 0 spiro atoms. The van der Waals surface area contributed by atoms with Crippen molar-refractivity contribution in [3.63, 3.8) is 0 Å². The molecule has 0 saturated heterocycles. The number of nitrogens with zero attached hydrogens (tertiary/aromatic N) is 4. The van der Waals surface area contributed by atoms with E-state index < -0.39 is 5.97 Å². The molecule has 37 heavy (non-hydrogen) atoms. The Kier molecular flexibility index (Phi) is 7.47. The molecule has 8 nitrogen and oxygen atoms in total. The molecule has 4 aliphatic carbocycles. The van der Waals surface area contributed by atoms with Crippen molar-refractivity contribution in [1.82, 2.24) is 20.2 Å². The van der Waals surface area contributed by atoms with E-state index in [9.17, 15) is 15.0 Å². The third kappa shape index (κ3) is 4.54. The summed E-state index contributed by atoms with van der Waals surface area (Å²) < 4.78 is 1.65. The fourth-order valence-corrected chi connectivity index (χ4v) is 10.4. The molecule has 1 aromatic rings. The highest BCUT2D eigenvalue weighted by Crippen LogP contribution is 2.69. The van der Waals surface area contributed by atoms with Gasteiger partial charge in [0.15, 0.2) is 5.82 Å². The van der Waals surface area contributed by atoms with Crippen LogP contribution in [0.4, 0.5) is 0 Å². The molecule has 3 N–H and O–H groups in total. The van der Waals surface area contributed by atoms with Gasteiger partial charge in [-0.1, -0.05) is 34.1 Å². The van der Waals surface area contributed by atoms with Crippen LogP contribution < -0.4 is 0 Å². The van der Waals surface area contributed by atoms with Gasteiger partial charge in [-0.15, -0.1) is 5.10 Å². The minimum Gasteiger partial charge on any atom is -0.481 e. The summed E-state index contributed by atoms with van der Waals surface area (Å²) in [5.74, 6) is 3.01. The minimum absolute atomic E-state index is 0.146. The Morgan fingerprint density at radius 3 is 2.54 bits per heavy atom. The predicted octanol–water partition coefficient (Wildman–Crippen LogP) is 4.34. The number of aromatic nitrogens is 4. The zero-order chi connectivity index (χ0) is 26.5. The van der Waals surface area contributed by atoms with Gasteiger partial charge in [0, 0.05) is 6.54 Å². The number of carboxylic acid groups (broad SMARTS) is 1. The Morgan fingerprint density at radius 1 is 1.08 bits per heavy atom. The Balaban J connectivity index is 1.28. The first-order chi connectivity index (χ1) is 17.6. The number of fused-ring (bicyclic) bond motifs is 5. The van der Waals surface area contributed by atoms with Crippen LogP contribution in [0, 0.1) is 52.3 Å². The summed E-state index contributed by atoms with van der Waals surface area (Å²) in [5, 5.41) is 43.0. The van der Waals surface area contributed by atoms with Crippen LogP contribution >= 0.6 is 0 Å². The van der Waals surface area contributed by atoms with Crippen molar-refractivity contribution in [1.29, 1.82) is 0 Å². The lowest BCUT2D eigenvalue weighted by atomic mass is 9.41. The molecule has 0 radical (unpaired) electrons. The topological polar surface area (TPSA) is 121 Å². The molecule has 0 unspecified atom stereocenters. The van der Waals surface area contributed by atoms with Gasteiger partial charge in [-0.3, -0.25) is 4.79 Å². The van der Waals surface area contributed by atoms with Crippen LogP contribution in [-0.4, -0.2) is 53.7 Å². The van der Waals surface area contributed by atoms with E-state index in [1.165, 1.54) is 25.7 Å². The number of tetrazole rings is 1. The molecule has 8 heteroatoms. The Labute approximate surface area is 221 Å². The van der Waals surface area contributed by atoms with Crippen molar-refractivity contribution in [3.8, 4) is 0 Å². The number of aliphatic hydroxyl groups excluding tert-OH is 2. The van der Waals surface area contributed by atoms with Crippen molar-refractivity contribution >= 4 is 5.97 Å². The Bertz CT molecular complexity index is 969. The van der Waals surface area contributed by atoms with E-state index in [1.54, 1.807) is 4.68 Å². The molecule has 0 aromatic carbocycles. The summed E-state index contributed by atoms with van der Waals surface area (Å²) in [6.07, 6.45) is 10.2. The molecule has 4 saturated carbocycles. The molecule has 208 valence electrons. The zero-order valence-corrected chi connectivity index (χ0v) is 23.2. The van der Waals surface area contributed by atoms with Crippen molar-refractivity contribution in [3.05, 3.63) is 5.82 Å². The standard InChI is InChI=1S/C29H48N4O4/c1-5-19-23-15-18(34)10-12-29(23,4)22-11-13-28(3)20(8-9-21(28)26(22)27(19)37)17(2)7-6-14-33-24(16-25(35)36)30-31-32-33/h17-23,26-27,34,37H,5-16H2,1-4H3,(H,35,36)/t17-,18-,19-,20-,21+,22+,23+,26+,27-,28-,29-/m1/s1. The van der Waals surface area contributed by atoms with Crippen LogP contribution in [-0.2, 0) is 17.8 Å². The number of rotatable bonds is 8. The summed E-state index contributed by atoms with van der Waals surface area (Å²) in [7, 11) is 0. The molecular weight excluding hydrogens is 468 g/mol. The van der Waals surface area contributed by atoms with Gasteiger partial charge in [0.2, 0.25) is 0 Å². The molecule has 5 rings (SSSR count). The second-order valence-corrected chi connectivity index (χ2v) is 13.6. The summed E-state index contributed by atoms with van der Waals surface area (Å²) >= 11 is 0. The SMILES string of the molecule is CC[C@H]1[C@@H](O)[C@@H]2[C@H](CC[C@]3(C)[C@@H]([C@H](C)CCCn4nnnc4CC(=O)O)CC[C@@H]23)[C@@]2(C)CC[C@@H](O)C[C@@H]12. The molecular formula is C29H48N4O4. The molecule has 1 heterocycles. The van der Waals surface area contributed by atoms with E-state index in [1.807, 2.05) is 0 Å². The maximum absolute atomic E-state index is 11.9. The second kappa shape index (κ2) is 10.2. The van der Waals surface area contributed by atoms with Crippen LogP contribution in [0.3, 0.4) is 0 Å². The van der Waals surface area contributed by atoms with Gasteiger partial charge in [0.25, 0.3) is 0 Å². The molecule has 1 aromatic heterocycles. The van der Waals surface area contributed by atoms with E-state index in [0.29, 0.717) is 53.8 Å². The van der Waals surface area contributed by atoms with Gasteiger partial charge in [0.1, 0.15) is 6.42 Å². The monoisotopic (exact) mass is 516 g/mol. The number of carbonyl (C=O) groups is 1. The summed E-state index contributed by atoms with van der Waals surface area (Å²) in [6, 6.07) is 0. The first-order valence-electron chi connectivity index (χ1n) is 14.9. The molecule has 4 aliphatic rings. The number of carboxylic acids is 1. The quantitative estimate of drug-likeness (QED) is 0.470. The lowest BCUT2D eigenvalue weighted by Crippen LogP contribution is -2.62. The van der Waals surface area contributed by atoms with E-state index in [2.05, 4.69) is 43.2 Å². The van der Waals surface area contributed by atoms with Crippen molar-refractivity contribution in [2.75, 3.05) is 0 Å². The normalized spacial score (nSPS) is 44.1. The van der Waals surface area contributed by atoms with Gasteiger partial charge in [0.05, 0.1) is 12.2 Å². The molecule has 4 fully saturated rings. The fourth-order valence-electron chi connectivity index (χ4n) is 10.4. The summed E-state index contributed by atoms with van der Waals surface area (Å²) in [5.41, 5.74) is 0.509. The number of hydrogen-bond acceptors (Lipinski definition) is 6. The van der Waals surface area contributed by atoms with Crippen molar-refractivity contribution < 1.29 is 20.1 Å². The van der Waals surface area contributed by atoms with Crippen LogP contribution in [0.5, 0.6) is 0 Å². The van der Waals surface area contributed by atoms with Crippen molar-refractivity contribution in [2.24, 2.45) is 52.3 Å². The average Bonchev–Trinajstić information content (AvgIpc) is 3.43. The smallest absolute Gasteiger partial charge is 0.311 e. The highest BCUT2D eigenvalue weighted by atomic mass is 16.4. The molecule has 0 bridgehead atoms. The molecule has 11 atom stereocenters. The number of aryl methyl sites for hydroxylation is 1. The molecule has 0 amide bonds. The van der Waals surface area contributed by atoms with Gasteiger partial charge >= 0.3 is 5.97 Å². The fraction of sp³-hybridized carbons (Fsp3) is 0.931. The van der Waals surface area contributed by atoms with E-state index >= 15 is 0 Å². The summed E-state index contributed by atoms with van der Waals surface area (Å²) in [6.45, 7) is 10.3. The Morgan fingerprint density at radius 2 is 1.81 bits per heavy atom.